The van der Waals surface area contributed by atoms with Gasteiger partial charge in [0.05, 0.1) is 5.56 Å². The second-order valence-corrected chi connectivity index (χ2v) is 3.79. The van der Waals surface area contributed by atoms with E-state index in [1.807, 2.05) is 0 Å². The summed E-state index contributed by atoms with van der Waals surface area (Å²) in [6.07, 6.45) is -2.48. The number of hydrogen-bond acceptors (Lipinski definition) is 1. The Kier molecular flexibility index (Phi) is 2.29. The predicted molar refractivity (Wildman–Crippen MR) is 48.4 cm³/mol. The molecule has 0 aromatic heterocycles. The van der Waals surface area contributed by atoms with E-state index in [9.17, 15) is 18.0 Å². The standard InChI is InChI=1S/C11H9F3O/c12-11(13,14)10-2-1-8-3-7(6-15)4-9(8)5-10/h1-2,5-7H,3-4H2. The number of hydrogen-bond donors (Lipinski definition) is 0. The molecule has 0 saturated carbocycles. The van der Waals surface area contributed by atoms with Gasteiger partial charge in [0.25, 0.3) is 0 Å². The van der Waals surface area contributed by atoms with Crippen molar-refractivity contribution in [3.05, 3.63) is 34.9 Å². The molecule has 1 nitrogen and oxygen atoms in total. The van der Waals surface area contributed by atoms with Crippen LogP contribution in [0.1, 0.15) is 16.7 Å². The summed E-state index contributed by atoms with van der Waals surface area (Å²) in [7, 11) is 0. The fourth-order valence-electron chi connectivity index (χ4n) is 1.92. The Balaban J connectivity index is 2.34. The van der Waals surface area contributed by atoms with E-state index in [1.54, 1.807) is 0 Å². The first kappa shape index (κ1) is 10.2. The van der Waals surface area contributed by atoms with E-state index in [-0.39, 0.29) is 5.92 Å². The molecule has 1 aromatic carbocycles. The molecule has 0 N–H and O–H groups in total. The maximum atomic E-state index is 12.4. The first-order chi connectivity index (χ1) is 7.00. The minimum Gasteiger partial charge on any atom is -0.303 e. The lowest BCUT2D eigenvalue weighted by molar-refractivity contribution is -0.137. The van der Waals surface area contributed by atoms with Crippen LogP contribution in [0.25, 0.3) is 0 Å². The van der Waals surface area contributed by atoms with E-state index in [4.69, 9.17) is 0 Å². The quantitative estimate of drug-likeness (QED) is 0.657. The fourth-order valence-corrected chi connectivity index (χ4v) is 1.92. The smallest absolute Gasteiger partial charge is 0.303 e. The van der Waals surface area contributed by atoms with Crippen molar-refractivity contribution >= 4 is 6.29 Å². The van der Waals surface area contributed by atoms with Gasteiger partial charge in [0, 0.05) is 5.92 Å². The van der Waals surface area contributed by atoms with Crippen molar-refractivity contribution < 1.29 is 18.0 Å². The molecule has 0 amide bonds. The number of carbonyl (C=O) groups excluding carboxylic acids is 1. The molecule has 0 saturated heterocycles. The highest BCUT2D eigenvalue weighted by molar-refractivity contribution is 5.58. The number of halogens is 3. The molecule has 1 aliphatic rings. The molecule has 2 rings (SSSR count). The van der Waals surface area contributed by atoms with E-state index < -0.39 is 11.7 Å². The van der Waals surface area contributed by atoms with Crippen LogP contribution in [0.2, 0.25) is 0 Å². The van der Waals surface area contributed by atoms with Crippen LogP contribution in [0.4, 0.5) is 13.2 Å². The van der Waals surface area contributed by atoms with Crippen molar-refractivity contribution in [2.24, 2.45) is 5.92 Å². The van der Waals surface area contributed by atoms with Crippen LogP contribution in [0, 0.1) is 5.92 Å². The molecule has 0 radical (unpaired) electrons. The molecule has 0 aliphatic heterocycles. The van der Waals surface area contributed by atoms with Crippen LogP contribution >= 0.6 is 0 Å². The number of carbonyl (C=O) groups is 1. The summed E-state index contributed by atoms with van der Waals surface area (Å²) in [6.45, 7) is 0. The topological polar surface area (TPSA) is 17.1 Å². The summed E-state index contributed by atoms with van der Waals surface area (Å²) in [5.41, 5.74) is 0.884. The number of aldehydes is 1. The third-order valence-electron chi connectivity index (χ3n) is 2.69. The second-order valence-electron chi connectivity index (χ2n) is 3.79. The number of benzene rings is 1. The summed E-state index contributed by atoms with van der Waals surface area (Å²) in [6, 6.07) is 3.70. The normalized spacial score (nSPS) is 20.1. The molecule has 1 unspecified atom stereocenters. The van der Waals surface area contributed by atoms with Crippen LogP contribution in [0.15, 0.2) is 18.2 Å². The first-order valence-corrected chi connectivity index (χ1v) is 4.65. The van der Waals surface area contributed by atoms with Crippen LogP contribution in [-0.4, -0.2) is 6.29 Å². The van der Waals surface area contributed by atoms with Gasteiger partial charge in [0.2, 0.25) is 0 Å². The van der Waals surface area contributed by atoms with E-state index in [1.165, 1.54) is 6.07 Å². The van der Waals surface area contributed by atoms with Crippen molar-refractivity contribution in [2.45, 2.75) is 19.0 Å². The Hall–Kier alpha value is -1.32. The maximum Gasteiger partial charge on any atom is 0.416 e. The highest BCUT2D eigenvalue weighted by atomic mass is 19.4. The Bertz CT molecular complexity index is 395. The van der Waals surface area contributed by atoms with E-state index in [2.05, 4.69) is 0 Å². The lowest BCUT2D eigenvalue weighted by Gasteiger charge is -2.08. The molecular weight excluding hydrogens is 205 g/mol. The lowest BCUT2D eigenvalue weighted by Crippen LogP contribution is -2.05. The number of alkyl halides is 3. The largest absolute Gasteiger partial charge is 0.416 e. The van der Waals surface area contributed by atoms with Crippen molar-refractivity contribution in [3.63, 3.8) is 0 Å². The summed E-state index contributed by atoms with van der Waals surface area (Å²) in [5.74, 6) is -0.150. The lowest BCUT2D eigenvalue weighted by atomic mass is 10.1. The molecule has 0 heterocycles. The molecule has 4 heteroatoms. The summed E-state index contributed by atoms with van der Waals surface area (Å²) in [5, 5.41) is 0. The van der Waals surface area contributed by atoms with E-state index in [0.29, 0.717) is 18.4 Å². The zero-order valence-electron chi connectivity index (χ0n) is 7.84. The van der Waals surface area contributed by atoms with Gasteiger partial charge >= 0.3 is 6.18 Å². The van der Waals surface area contributed by atoms with Gasteiger partial charge in [0.1, 0.15) is 6.29 Å². The Morgan fingerprint density at radius 2 is 1.87 bits per heavy atom. The molecule has 0 spiro atoms. The van der Waals surface area contributed by atoms with Gasteiger partial charge in [-0.25, -0.2) is 0 Å². The number of rotatable bonds is 1. The van der Waals surface area contributed by atoms with Crippen molar-refractivity contribution in [1.82, 2.24) is 0 Å². The minimum absolute atomic E-state index is 0.150. The molecule has 1 aromatic rings. The van der Waals surface area contributed by atoms with Crippen LogP contribution in [-0.2, 0) is 23.8 Å². The van der Waals surface area contributed by atoms with Gasteiger partial charge in [-0.15, -0.1) is 0 Å². The Morgan fingerprint density at radius 3 is 2.47 bits per heavy atom. The zero-order chi connectivity index (χ0) is 11.1. The summed E-state index contributed by atoms with van der Waals surface area (Å²) < 4.78 is 37.1. The third-order valence-corrected chi connectivity index (χ3v) is 2.69. The Morgan fingerprint density at radius 1 is 1.20 bits per heavy atom. The molecule has 15 heavy (non-hydrogen) atoms. The summed E-state index contributed by atoms with van der Waals surface area (Å²) in [4.78, 5) is 10.5. The molecule has 80 valence electrons. The SMILES string of the molecule is O=CC1Cc2ccc(C(F)(F)F)cc2C1. The molecular formula is C11H9F3O. The average Bonchev–Trinajstić information content (AvgIpc) is 2.57. The van der Waals surface area contributed by atoms with Crippen molar-refractivity contribution in [3.8, 4) is 0 Å². The zero-order valence-corrected chi connectivity index (χ0v) is 7.84. The average molecular weight is 214 g/mol. The van der Waals surface area contributed by atoms with Crippen LogP contribution in [0.5, 0.6) is 0 Å². The fraction of sp³-hybridized carbons (Fsp3) is 0.364. The van der Waals surface area contributed by atoms with Crippen LogP contribution < -0.4 is 0 Å². The maximum absolute atomic E-state index is 12.4. The molecule has 1 atom stereocenters. The second kappa shape index (κ2) is 3.36. The minimum atomic E-state index is -4.30. The van der Waals surface area contributed by atoms with Crippen molar-refractivity contribution in [2.75, 3.05) is 0 Å². The van der Waals surface area contributed by atoms with E-state index >= 15 is 0 Å². The van der Waals surface area contributed by atoms with Gasteiger partial charge in [-0.05, 0) is 36.1 Å². The van der Waals surface area contributed by atoms with Gasteiger partial charge in [-0.1, -0.05) is 6.07 Å². The van der Waals surface area contributed by atoms with Gasteiger partial charge < -0.3 is 4.79 Å². The Labute approximate surface area is 84.9 Å². The predicted octanol–water partition coefficient (Wildman–Crippen LogP) is 2.62. The molecule has 0 fully saturated rings. The van der Waals surface area contributed by atoms with Gasteiger partial charge in [-0.3, -0.25) is 0 Å². The van der Waals surface area contributed by atoms with E-state index in [0.717, 1.165) is 24.0 Å². The monoisotopic (exact) mass is 214 g/mol. The van der Waals surface area contributed by atoms with Gasteiger partial charge in [-0.2, -0.15) is 13.2 Å². The first-order valence-electron chi connectivity index (χ1n) is 4.65. The van der Waals surface area contributed by atoms with Crippen molar-refractivity contribution in [1.29, 1.82) is 0 Å². The van der Waals surface area contributed by atoms with Crippen LogP contribution in [0.3, 0.4) is 0 Å². The van der Waals surface area contributed by atoms with Gasteiger partial charge in [0.15, 0.2) is 0 Å². The number of fused-ring (bicyclic) bond motifs is 1. The summed E-state index contributed by atoms with van der Waals surface area (Å²) >= 11 is 0. The molecule has 0 bridgehead atoms. The molecule has 1 aliphatic carbocycles. The highest BCUT2D eigenvalue weighted by Gasteiger charge is 2.32. The third kappa shape index (κ3) is 1.89. The highest BCUT2D eigenvalue weighted by Crippen LogP contribution is 2.34.